The molecular weight excluding hydrogens is 262 g/mol. The number of anilines is 1. The normalized spacial score (nSPS) is 14.3. The quantitative estimate of drug-likeness (QED) is 0.837. The highest BCUT2D eigenvalue weighted by molar-refractivity contribution is 5.95. The van der Waals surface area contributed by atoms with Crippen LogP contribution in [0.1, 0.15) is 56.1 Å². The average Bonchev–Trinajstić information content (AvgIpc) is 3.27. The predicted octanol–water partition coefficient (Wildman–Crippen LogP) is 3.34. The van der Waals surface area contributed by atoms with E-state index in [9.17, 15) is 4.79 Å². The van der Waals surface area contributed by atoms with E-state index in [1.54, 1.807) is 0 Å². The fourth-order valence-corrected chi connectivity index (χ4v) is 2.50. The number of pyridine rings is 1. The molecule has 0 bridgehead atoms. The van der Waals surface area contributed by atoms with Crippen LogP contribution in [0, 0.1) is 5.92 Å². The molecule has 1 N–H and O–H groups in total. The van der Waals surface area contributed by atoms with Crippen molar-refractivity contribution in [3.63, 3.8) is 0 Å². The first-order valence-corrected chi connectivity index (χ1v) is 8.04. The number of hydrogen-bond donors (Lipinski definition) is 1. The Morgan fingerprint density at radius 3 is 2.67 bits per heavy atom. The van der Waals surface area contributed by atoms with Gasteiger partial charge in [0.05, 0.1) is 0 Å². The number of carbonyl (C=O) groups is 1. The molecule has 0 aliphatic heterocycles. The van der Waals surface area contributed by atoms with Gasteiger partial charge in [-0.25, -0.2) is 4.98 Å². The average molecular weight is 289 g/mol. The Morgan fingerprint density at radius 1 is 1.43 bits per heavy atom. The fraction of sp³-hybridized carbons (Fsp3) is 0.647. The second-order valence-corrected chi connectivity index (χ2v) is 6.23. The molecule has 1 aliphatic rings. The molecule has 1 aromatic heterocycles. The van der Waals surface area contributed by atoms with Crippen molar-refractivity contribution >= 4 is 11.7 Å². The van der Waals surface area contributed by atoms with Crippen molar-refractivity contribution in [3.8, 4) is 0 Å². The SMILES string of the molecule is CCCc1cc(C(=O)N(CC2CC2)C(C)C)cc(NC)n1. The van der Waals surface area contributed by atoms with Gasteiger partial charge in [-0.2, -0.15) is 0 Å². The molecule has 0 aromatic carbocycles. The predicted molar refractivity (Wildman–Crippen MR) is 86.7 cm³/mol. The van der Waals surface area contributed by atoms with Gasteiger partial charge in [0.15, 0.2) is 0 Å². The Bertz CT molecular complexity index is 495. The topological polar surface area (TPSA) is 45.2 Å². The van der Waals surface area contributed by atoms with Crippen LogP contribution in [-0.4, -0.2) is 35.4 Å². The molecule has 0 radical (unpaired) electrons. The summed E-state index contributed by atoms with van der Waals surface area (Å²) < 4.78 is 0. The van der Waals surface area contributed by atoms with Crippen molar-refractivity contribution in [2.75, 3.05) is 18.9 Å². The summed E-state index contributed by atoms with van der Waals surface area (Å²) in [6.07, 6.45) is 4.45. The molecule has 0 atom stereocenters. The van der Waals surface area contributed by atoms with E-state index in [-0.39, 0.29) is 11.9 Å². The lowest BCUT2D eigenvalue weighted by Crippen LogP contribution is -2.38. The number of amides is 1. The molecule has 4 heteroatoms. The molecular formula is C17H27N3O. The van der Waals surface area contributed by atoms with Crippen LogP contribution in [0.25, 0.3) is 0 Å². The summed E-state index contributed by atoms with van der Waals surface area (Å²) in [6.45, 7) is 7.19. The van der Waals surface area contributed by atoms with Crippen molar-refractivity contribution in [3.05, 3.63) is 23.4 Å². The minimum atomic E-state index is 0.133. The zero-order chi connectivity index (χ0) is 15.4. The molecule has 1 heterocycles. The molecule has 21 heavy (non-hydrogen) atoms. The molecule has 1 amide bonds. The van der Waals surface area contributed by atoms with E-state index in [2.05, 4.69) is 31.1 Å². The summed E-state index contributed by atoms with van der Waals surface area (Å²) in [6, 6.07) is 4.05. The van der Waals surface area contributed by atoms with Crippen molar-refractivity contribution in [1.29, 1.82) is 0 Å². The summed E-state index contributed by atoms with van der Waals surface area (Å²) in [5.41, 5.74) is 1.75. The van der Waals surface area contributed by atoms with E-state index in [0.717, 1.165) is 36.5 Å². The highest BCUT2D eigenvalue weighted by Gasteiger charge is 2.29. The fourth-order valence-electron chi connectivity index (χ4n) is 2.50. The van der Waals surface area contributed by atoms with E-state index < -0.39 is 0 Å². The number of carbonyl (C=O) groups excluding carboxylic acids is 1. The van der Waals surface area contributed by atoms with Crippen LogP contribution in [-0.2, 0) is 6.42 Å². The molecule has 1 aliphatic carbocycles. The number of rotatable bonds is 7. The lowest BCUT2D eigenvalue weighted by molar-refractivity contribution is 0.0696. The smallest absolute Gasteiger partial charge is 0.254 e. The Kier molecular flexibility index (Phi) is 5.21. The molecule has 0 spiro atoms. The van der Waals surface area contributed by atoms with Gasteiger partial charge in [-0.3, -0.25) is 4.79 Å². The van der Waals surface area contributed by atoms with Crippen LogP contribution in [0.5, 0.6) is 0 Å². The maximum atomic E-state index is 12.8. The number of nitrogens with one attached hydrogen (secondary N) is 1. The molecule has 116 valence electrons. The van der Waals surface area contributed by atoms with Crippen molar-refractivity contribution < 1.29 is 4.79 Å². The lowest BCUT2D eigenvalue weighted by atomic mass is 10.1. The molecule has 4 nitrogen and oxygen atoms in total. The molecule has 1 saturated carbocycles. The molecule has 0 unspecified atom stereocenters. The summed E-state index contributed by atoms with van der Waals surface area (Å²) in [5, 5.41) is 3.06. The Morgan fingerprint density at radius 2 is 2.14 bits per heavy atom. The third-order valence-electron chi connectivity index (χ3n) is 3.92. The highest BCUT2D eigenvalue weighted by atomic mass is 16.2. The van der Waals surface area contributed by atoms with Crippen LogP contribution < -0.4 is 5.32 Å². The Labute approximate surface area is 127 Å². The molecule has 0 saturated heterocycles. The zero-order valence-electron chi connectivity index (χ0n) is 13.6. The minimum absolute atomic E-state index is 0.133. The molecule has 1 aromatic rings. The van der Waals surface area contributed by atoms with Crippen LogP contribution in [0.2, 0.25) is 0 Å². The monoisotopic (exact) mass is 289 g/mol. The van der Waals surface area contributed by atoms with Crippen LogP contribution in [0.15, 0.2) is 12.1 Å². The van der Waals surface area contributed by atoms with Gasteiger partial charge in [-0.05, 0) is 51.2 Å². The summed E-state index contributed by atoms with van der Waals surface area (Å²) >= 11 is 0. The third-order valence-corrected chi connectivity index (χ3v) is 3.92. The first kappa shape index (κ1) is 15.8. The van der Waals surface area contributed by atoms with Crippen molar-refractivity contribution in [2.45, 2.75) is 52.5 Å². The largest absolute Gasteiger partial charge is 0.373 e. The van der Waals surface area contributed by atoms with E-state index >= 15 is 0 Å². The zero-order valence-corrected chi connectivity index (χ0v) is 13.6. The second kappa shape index (κ2) is 6.92. The summed E-state index contributed by atoms with van der Waals surface area (Å²) in [4.78, 5) is 19.4. The third kappa shape index (κ3) is 4.19. The van der Waals surface area contributed by atoms with Gasteiger partial charge in [-0.15, -0.1) is 0 Å². The Balaban J connectivity index is 2.24. The van der Waals surface area contributed by atoms with E-state index in [1.807, 2.05) is 24.1 Å². The number of aryl methyl sites for hydroxylation is 1. The first-order chi connectivity index (χ1) is 10.0. The van der Waals surface area contributed by atoms with Gasteiger partial charge >= 0.3 is 0 Å². The first-order valence-electron chi connectivity index (χ1n) is 8.04. The number of hydrogen-bond acceptors (Lipinski definition) is 3. The molecule has 2 rings (SSSR count). The van der Waals surface area contributed by atoms with Crippen molar-refractivity contribution in [1.82, 2.24) is 9.88 Å². The summed E-state index contributed by atoms with van der Waals surface area (Å²) in [5.74, 6) is 1.62. The van der Waals surface area contributed by atoms with Gasteiger partial charge in [0, 0.05) is 30.9 Å². The van der Waals surface area contributed by atoms with Crippen LogP contribution >= 0.6 is 0 Å². The van der Waals surface area contributed by atoms with E-state index in [1.165, 1.54) is 12.8 Å². The van der Waals surface area contributed by atoms with Gasteiger partial charge in [0.25, 0.3) is 5.91 Å². The molecule has 1 fully saturated rings. The maximum Gasteiger partial charge on any atom is 0.254 e. The van der Waals surface area contributed by atoms with Crippen molar-refractivity contribution in [2.24, 2.45) is 5.92 Å². The van der Waals surface area contributed by atoms with E-state index in [0.29, 0.717) is 5.92 Å². The van der Waals surface area contributed by atoms with Crippen LogP contribution in [0.3, 0.4) is 0 Å². The Hall–Kier alpha value is -1.58. The summed E-state index contributed by atoms with van der Waals surface area (Å²) in [7, 11) is 1.84. The standard InChI is InChI=1S/C17H27N3O/c1-5-6-15-9-14(10-16(18-4)19-15)17(21)20(12(2)3)11-13-7-8-13/h9-10,12-13H,5-8,11H2,1-4H3,(H,18,19). The number of nitrogens with zero attached hydrogens (tertiary/aromatic N) is 2. The van der Waals surface area contributed by atoms with Crippen LogP contribution in [0.4, 0.5) is 5.82 Å². The second-order valence-electron chi connectivity index (χ2n) is 6.23. The maximum absolute atomic E-state index is 12.8. The lowest BCUT2D eigenvalue weighted by Gasteiger charge is -2.27. The minimum Gasteiger partial charge on any atom is -0.373 e. The number of aromatic nitrogens is 1. The van der Waals surface area contributed by atoms with E-state index in [4.69, 9.17) is 0 Å². The highest BCUT2D eigenvalue weighted by Crippen LogP contribution is 2.31. The van der Waals surface area contributed by atoms with Gasteiger partial charge in [0.2, 0.25) is 0 Å². The van der Waals surface area contributed by atoms with Gasteiger partial charge in [0.1, 0.15) is 5.82 Å². The van der Waals surface area contributed by atoms with Gasteiger partial charge in [-0.1, -0.05) is 13.3 Å². The van der Waals surface area contributed by atoms with Gasteiger partial charge < -0.3 is 10.2 Å².